The predicted octanol–water partition coefficient (Wildman–Crippen LogP) is 10.6. The Balaban J connectivity index is 1.18. The zero-order valence-corrected chi connectivity index (χ0v) is 28.6. The summed E-state index contributed by atoms with van der Waals surface area (Å²) >= 11 is 0. The SMILES string of the molecule is C/C=c1/cc(-n2c3ccc(-c4ccc5c(c4)c4ccccc4n5-c4ccccc4)cc3c3ccc4ccccc4c32)cc2c1=C(N)c1ccccc1-2. The van der Waals surface area contributed by atoms with Gasteiger partial charge in [0.2, 0.25) is 0 Å². The van der Waals surface area contributed by atoms with Crippen LogP contribution in [-0.2, 0) is 0 Å². The molecular formula is C49H33N3. The van der Waals surface area contributed by atoms with Crippen LogP contribution in [0.4, 0.5) is 0 Å². The van der Waals surface area contributed by atoms with Crippen LogP contribution < -0.4 is 16.2 Å². The molecule has 0 aliphatic heterocycles. The number of benzene rings is 8. The van der Waals surface area contributed by atoms with Gasteiger partial charge in [-0.25, -0.2) is 0 Å². The molecule has 0 saturated carbocycles. The summed E-state index contributed by atoms with van der Waals surface area (Å²) in [6.07, 6.45) is 2.19. The summed E-state index contributed by atoms with van der Waals surface area (Å²) in [5.41, 5.74) is 20.7. The monoisotopic (exact) mass is 663 g/mol. The molecule has 2 N–H and O–H groups in total. The zero-order chi connectivity index (χ0) is 34.5. The van der Waals surface area contributed by atoms with Gasteiger partial charge in [0.25, 0.3) is 0 Å². The van der Waals surface area contributed by atoms with Crippen LogP contribution >= 0.6 is 0 Å². The van der Waals surface area contributed by atoms with Crippen molar-refractivity contribution >= 4 is 66.2 Å². The van der Waals surface area contributed by atoms with Gasteiger partial charge in [0.05, 0.1) is 22.1 Å². The molecule has 2 heterocycles. The molecule has 11 rings (SSSR count). The third-order valence-corrected chi connectivity index (χ3v) is 11.2. The molecular weight excluding hydrogens is 631 g/mol. The molecule has 0 saturated heterocycles. The molecule has 0 fully saturated rings. The number of hydrogen-bond acceptors (Lipinski definition) is 1. The molecule has 1 aliphatic carbocycles. The minimum absolute atomic E-state index is 0.853. The molecule has 0 atom stereocenters. The lowest BCUT2D eigenvalue weighted by Gasteiger charge is -2.12. The van der Waals surface area contributed by atoms with Gasteiger partial charge in [-0.05, 0) is 94.4 Å². The van der Waals surface area contributed by atoms with Gasteiger partial charge in [-0.1, -0.05) is 115 Å². The van der Waals surface area contributed by atoms with Crippen LogP contribution in [0.15, 0.2) is 164 Å². The highest BCUT2D eigenvalue weighted by Gasteiger charge is 2.22. The summed E-state index contributed by atoms with van der Waals surface area (Å²) in [6.45, 7) is 2.11. The van der Waals surface area contributed by atoms with Crippen molar-refractivity contribution in [1.82, 2.24) is 9.13 Å². The maximum absolute atomic E-state index is 6.82. The van der Waals surface area contributed by atoms with Crippen molar-refractivity contribution in [3.8, 4) is 33.6 Å². The summed E-state index contributed by atoms with van der Waals surface area (Å²) in [5, 5.41) is 9.73. The third kappa shape index (κ3) is 3.96. The second kappa shape index (κ2) is 10.8. The maximum Gasteiger partial charge on any atom is 0.0619 e. The van der Waals surface area contributed by atoms with Gasteiger partial charge < -0.3 is 14.9 Å². The van der Waals surface area contributed by atoms with Crippen LogP contribution in [0.5, 0.6) is 0 Å². The fourth-order valence-electron chi connectivity index (χ4n) is 8.84. The molecule has 0 radical (unpaired) electrons. The van der Waals surface area contributed by atoms with Crippen LogP contribution in [0.1, 0.15) is 12.5 Å². The minimum atomic E-state index is 0.853. The number of rotatable bonds is 3. The molecule has 0 spiro atoms. The first-order chi connectivity index (χ1) is 25.7. The van der Waals surface area contributed by atoms with E-state index in [0.717, 1.165) is 27.4 Å². The molecule has 0 bridgehead atoms. The molecule has 1 aliphatic rings. The van der Waals surface area contributed by atoms with Crippen LogP contribution in [-0.4, -0.2) is 9.13 Å². The standard InChI is InChI=1S/C49H33N3/c1-2-30-26-35(29-43-37-16-8-9-18-39(37)48(50)47(30)43)52-46-25-22-33(28-42(46)40-23-20-31-12-6-7-15-36(31)49(40)52)32-21-24-45-41(27-32)38-17-10-11-19-44(38)51(45)34-13-4-3-5-14-34/h2-29H,50H2,1H3/b30-2-. The van der Waals surface area contributed by atoms with E-state index >= 15 is 0 Å². The number of nitrogens with two attached hydrogens (primary N) is 1. The average molecular weight is 664 g/mol. The summed E-state index contributed by atoms with van der Waals surface area (Å²) in [5.74, 6) is 0. The van der Waals surface area contributed by atoms with Gasteiger partial charge in [-0.2, -0.15) is 0 Å². The smallest absolute Gasteiger partial charge is 0.0619 e. The number of fused-ring (bicyclic) bond motifs is 11. The number of nitrogens with zero attached hydrogens (tertiary/aromatic N) is 2. The minimum Gasteiger partial charge on any atom is -0.398 e. The van der Waals surface area contributed by atoms with Crippen molar-refractivity contribution in [2.75, 3.05) is 0 Å². The lowest BCUT2D eigenvalue weighted by molar-refractivity contribution is 1.18. The van der Waals surface area contributed by atoms with E-state index in [0.29, 0.717) is 0 Å². The van der Waals surface area contributed by atoms with Crippen LogP contribution in [0.25, 0.3) is 99.8 Å². The Morgan fingerprint density at radius 3 is 1.87 bits per heavy atom. The summed E-state index contributed by atoms with van der Waals surface area (Å²) < 4.78 is 4.84. The summed E-state index contributed by atoms with van der Waals surface area (Å²) in [7, 11) is 0. The molecule has 3 nitrogen and oxygen atoms in total. The number of hydrogen-bond donors (Lipinski definition) is 1. The third-order valence-electron chi connectivity index (χ3n) is 11.2. The first-order valence-electron chi connectivity index (χ1n) is 17.9. The molecule has 244 valence electrons. The van der Waals surface area contributed by atoms with Crippen molar-refractivity contribution in [2.45, 2.75) is 6.92 Å². The van der Waals surface area contributed by atoms with Gasteiger partial charge in [0, 0.05) is 54.8 Å². The van der Waals surface area contributed by atoms with Crippen molar-refractivity contribution in [3.63, 3.8) is 0 Å². The first-order valence-corrected chi connectivity index (χ1v) is 17.9. The summed E-state index contributed by atoms with van der Waals surface area (Å²) in [6, 6.07) is 59.8. The van der Waals surface area contributed by atoms with Crippen LogP contribution in [0.3, 0.4) is 0 Å². The Labute approximate surface area is 300 Å². The van der Waals surface area contributed by atoms with Gasteiger partial charge >= 0.3 is 0 Å². The van der Waals surface area contributed by atoms with E-state index in [9.17, 15) is 0 Å². The second-order valence-corrected chi connectivity index (χ2v) is 13.9. The van der Waals surface area contributed by atoms with E-state index in [-0.39, 0.29) is 0 Å². The Morgan fingerprint density at radius 2 is 1.08 bits per heavy atom. The number of aromatic nitrogens is 2. The Hall–Kier alpha value is -6.84. The molecule has 8 aromatic carbocycles. The van der Waals surface area contributed by atoms with Gasteiger partial charge in [0.15, 0.2) is 0 Å². The van der Waals surface area contributed by atoms with Crippen LogP contribution in [0, 0.1) is 0 Å². The number of para-hydroxylation sites is 2. The zero-order valence-electron chi connectivity index (χ0n) is 28.6. The average Bonchev–Trinajstić information content (AvgIpc) is 3.83. The summed E-state index contributed by atoms with van der Waals surface area (Å²) in [4.78, 5) is 0. The van der Waals surface area contributed by atoms with E-state index < -0.39 is 0 Å². The molecule has 10 aromatic rings. The van der Waals surface area contributed by atoms with Crippen molar-refractivity contribution in [3.05, 3.63) is 180 Å². The molecule has 3 heteroatoms. The fraction of sp³-hybridized carbons (Fsp3) is 0.0204. The highest BCUT2D eigenvalue weighted by Crippen LogP contribution is 2.41. The molecule has 0 unspecified atom stereocenters. The maximum atomic E-state index is 6.82. The predicted molar refractivity (Wildman–Crippen MR) is 220 cm³/mol. The highest BCUT2D eigenvalue weighted by atomic mass is 15.0. The topological polar surface area (TPSA) is 35.9 Å². The lowest BCUT2D eigenvalue weighted by Crippen LogP contribution is -2.29. The van der Waals surface area contributed by atoms with E-state index in [4.69, 9.17) is 5.73 Å². The quantitative estimate of drug-likeness (QED) is 0.201. The van der Waals surface area contributed by atoms with Crippen molar-refractivity contribution in [2.24, 2.45) is 5.73 Å². The van der Waals surface area contributed by atoms with Gasteiger partial charge in [-0.3, -0.25) is 0 Å². The Kier molecular flexibility index (Phi) is 6.03. The van der Waals surface area contributed by atoms with E-state index in [1.807, 2.05) is 0 Å². The van der Waals surface area contributed by atoms with Crippen molar-refractivity contribution < 1.29 is 0 Å². The van der Waals surface area contributed by atoms with E-state index in [1.165, 1.54) is 82.3 Å². The Bertz CT molecular complexity index is 3250. The van der Waals surface area contributed by atoms with E-state index in [1.54, 1.807) is 0 Å². The molecule has 0 amide bonds. The largest absolute Gasteiger partial charge is 0.398 e. The molecule has 52 heavy (non-hydrogen) atoms. The molecule has 2 aromatic heterocycles. The van der Waals surface area contributed by atoms with Gasteiger partial charge in [0.1, 0.15) is 0 Å². The van der Waals surface area contributed by atoms with Gasteiger partial charge in [-0.15, -0.1) is 0 Å². The highest BCUT2D eigenvalue weighted by molar-refractivity contribution is 6.19. The van der Waals surface area contributed by atoms with E-state index in [2.05, 4.69) is 186 Å². The fourth-order valence-corrected chi connectivity index (χ4v) is 8.84. The first kappa shape index (κ1) is 28.9. The normalized spacial score (nSPS) is 12.9. The second-order valence-electron chi connectivity index (χ2n) is 13.9. The Morgan fingerprint density at radius 1 is 0.442 bits per heavy atom. The van der Waals surface area contributed by atoms with Crippen LogP contribution in [0.2, 0.25) is 0 Å². The lowest BCUT2D eigenvalue weighted by atomic mass is 10.00. The van der Waals surface area contributed by atoms with Crippen molar-refractivity contribution in [1.29, 1.82) is 0 Å².